The third-order valence-corrected chi connectivity index (χ3v) is 7.97. The van der Waals surface area contributed by atoms with Crippen molar-refractivity contribution in [2.45, 2.75) is 38.5 Å². The lowest BCUT2D eigenvalue weighted by atomic mass is 10.2. The van der Waals surface area contributed by atoms with Gasteiger partial charge in [-0.25, -0.2) is 8.42 Å². The molecule has 0 aromatic heterocycles. The molecule has 0 fully saturated rings. The molecule has 0 radical (unpaired) electrons. The average molecular weight is 458 g/mol. The monoisotopic (exact) mass is 457 g/mol. The fourth-order valence-corrected chi connectivity index (χ4v) is 5.40. The maximum atomic E-state index is 12.8. The number of ether oxygens (including phenoxy) is 1. The molecule has 0 saturated carbocycles. The number of nitrogens with zero attached hydrogens (tertiary/aromatic N) is 2. The highest BCUT2D eigenvalue weighted by atomic mass is 32.2. The van der Waals surface area contributed by atoms with Gasteiger partial charge in [0.2, 0.25) is 15.9 Å². The molecular weight excluding hydrogens is 426 g/mol. The highest BCUT2D eigenvalue weighted by Crippen LogP contribution is 2.34. The molecule has 1 heterocycles. The summed E-state index contributed by atoms with van der Waals surface area (Å²) in [5, 5.41) is 2.83. The van der Waals surface area contributed by atoms with Crippen LogP contribution in [-0.4, -0.2) is 68.8 Å². The van der Waals surface area contributed by atoms with E-state index in [9.17, 15) is 18.0 Å². The lowest BCUT2D eigenvalue weighted by molar-refractivity contribution is -0.125. The Kier molecular flexibility index (Phi) is 9.44. The molecule has 1 aliphatic rings. The topological polar surface area (TPSA) is 96.0 Å². The Balaban J connectivity index is 2.12. The van der Waals surface area contributed by atoms with Gasteiger partial charge in [0.15, 0.2) is 6.61 Å². The molecular formula is C20H31N3O5S2. The van der Waals surface area contributed by atoms with Crippen molar-refractivity contribution in [2.75, 3.05) is 49.2 Å². The molecule has 0 saturated heterocycles. The van der Waals surface area contributed by atoms with Crippen molar-refractivity contribution in [3.8, 4) is 5.75 Å². The summed E-state index contributed by atoms with van der Waals surface area (Å²) in [7, 11) is -3.69. The number of thioether (sulfide) groups is 1. The van der Waals surface area contributed by atoms with Crippen molar-refractivity contribution < 1.29 is 22.7 Å². The van der Waals surface area contributed by atoms with E-state index in [4.69, 9.17) is 4.74 Å². The minimum Gasteiger partial charge on any atom is -0.482 e. The summed E-state index contributed by atoms with van der Waals surface area (Å²) in [6.07, 6.45) is 1.98. The number of hydrogen-bond acceptors (Lipinski definition) is 6. The second-order valence-corrected chi connectivity index (χ2v) is 9.97. The van der Waals surface area contributed by atoms with Gasteiger partial charge >= 0.3 is 0 Å². The van der Waals surface area contributed by atoms with Gasteiger partial charge in [-0.15, -0.1) is 0 Å². The zero-order chi connectivity index (χ0) is 22.1. The van der Waals surface area contributed by atoms with E-state index < -0.39 is 10.0 Å². The molecule has 30 heavy (non-hydrogen) atoms. The Morgan fingerprint density at radius 2 is 1.97 bits per heavy atom. The zero-order valence-corrected chi connectivity index (χ0v) is 19.5. The van der Waals surface area contributed by atoms with Gasteiger partial charge < -0.3 is 10.1 Å². The van der Waals surface area contributed by atoms with Crippen LogP contribution in [0.15, 0.2) is 23.1 Å². The van der Waals surface area contributed by atoms with Crippen molar-refractivity contribution in [1.29, 1.82) is 0 Å². The number of amides is 2. The normalized spacial score (nSPS) is 13.9. The van der Waals surface area contributed by atoms with Gasteiger partial charge in [0.1, 0.15) is 12.3 Å². The third kappa shape index (κ3) is 6.12. The molecule has 2 rings (SSSR count). The van der Waals surface area contributed by atoms with Crippen LogP contribution in [0.5, 0.6) is 5.75 Å². The second-order valence-electron chi connectivity index (χ2n) is 6.80. The predicted molar refractivity (Wildman–Crippen MR) is 120 cm³/mol. The molecule has 1 aliphatic heterocycles. The van der Waals surface area contributed by atoms with Gasteiger partial charge in [-0.3, -0.25) is 14.5 Å². The third-order valence-electron chi connectivity index (χ3n) is 4.65. The molecule has 168 valence electrons. The van der Waals surface area contributed by atoms with Crippen molar-refractivity contribution in [2.24, 2.45) is 0 Å². The van der Waals surface area contributed by atoms with Gasteiger partial charge in [-0.1, -0.05) is 20.8 Å². The first-order valence-electron chi connectivity index (χ1n) is 10.3. The summed E-state index contributed by atoms with van der Waals surface area (Å²) in [5.74, 6) is 1.80. The molecule has 0 atom stereocenters. The van der Waals surface area contributed by atoms with Crippen LogP contribution in [0.1, 0.15) is 33.6 Å². The molecule has 1 aromatic rings. The molecule has 8 nitrogen and oxygen atoms in total. The predicted octanol–water partition coefficient (Wildman–Crippen LogP) is 2.09. The van der Waals surface area contributed by atoms with E-state index in [2.05, 4.69) is 12.2 Å². The quantitative estimate of drug-likeness (QED) is 0.483. The zero-order valence-electron chi connectivity index (χ0n) is 17.8. The van der Waals surface area contributed by atoms with Gasteiger partial charge in [0, 0.05) is 19.6 Å². The molecule has 0 aliphatic carbocycles. The molecule has 2 amide bonds. The van der Waals surface area contributed by atoms with Crippen molar-refractivity contribution in [3.63, 3.8) is 0 Å². The first-order chi connectivity index (χ1) is 14.3. The second kappa shape index (κ2) is 11.6. The van der Waals surface area contributed by atoms with Crippen molar-refractivity contribution >= 4 is 39.3 Å². The van der Waals surface area contributed by atoms with Gasteiger partial charge in [-0.05, 0) is 42.5 Å². The highest BCUT2D eigenvalue weighted by molar-refractivity contribution is 7.99. The van der Waals surface area contributed by atoms with Crippen LogP contribution in [0.3, 0.4) is 0 Å². The number of carbonyl (C=O) groups excluding carboxylic acids is 2. The summed E-state index contributed by atoms with van der Waals surface area (Å²) in [6.45, 7) is 6.53. The Bertz CT molecular complexity index is 841. The number of sulfonamides is 1. The number of fused-ring (bicyclic) bond motifs is 1. The summed E-state index contributed by atoms with van der Waals surface area (Å²) >= 11 is 1.85. The molecule has 10 heteroatoms. The number of benzene rings is 1. The maximum Gasteiger partial charge on any atom is 0.265 e. The number of nitrogens with one attached hydrogen (secondary N) is 1. The van der Waals surface area contributed by atoms with Crippen LogP contribution >= 0.6 is 11.8 Å². The van der Waals surface area contributed by atoms with Crippen LogP contribution in [0.25, 0.3) is 0 Å². The SMILES string of the molecule is CCCSCCCNC(=O)CN1C(=O)COc2ccc(S(=O)(=O)N(CC)CC)cc21. The first-order valence-corrected chi connectivity index (χ1v) is 12.9. The lowest BCUT2D eigenvalue weighted by Crippen LogP contribution is -2.45. The fourth-order valence-electron chi connectivity index (χ4n) is 3.08. The first kappa shape index (κ1) is 24.5. The van der Waals surface area contributed by atoms with E-state index in [1.807, 2.05) is 11.8 Å². The maximum absolute atomic E-state index is 12.8. The van der Waals surface area contributed by atoms with Crippen molar-refractivity contribution in [1.82, 2.24) is 9.62 Å². The summed E-state index contributed by atoms with van der Waals surface area (Å²) in [6, 6.07) is 4.41. The van der Waals surface area contributed by atoms with E-state index >= 15 is 0 Å². The molecule has 0 spiro atoms. The fraction of sp³-hybridized carbons (Fsp3) is 0.600. The van der Waals surface area contributed by atoms with Crippen LogP contribution in [-0.2, 0) is 19.6 Å². The highest BCUT2D eigenvalue weighted by Gasteiger charge is 2.30. The Morgan fingerprint density at radius 3 is 2.63 bits per heavy atom. The Labute approximate surface area is 183 Å². The standard InChI is InChI=1S/C20H31N3O5S2/c1-4-11-29-12-7-10-21-19(24)14-23-17-13-16(30(26,27)22(5-2)6-3)8-9-18(17)28-15-20(23)25/h8-9,13H,4-7,10-12,14-15H2,1-3H3,(H,21,24). The minimum atomic E-state index is -3.69. The van der Waals surface area contributed by atoms with E-state index in [1.54, 1.807) is 13.8 Å². The molecule has 1 N–H and O–H groups in total. The Hall–Kier alpha value is -1.78. The smallest absolute Gasteiger partial charge is 0.265 e. The van der Waals surface area contributed by atoms with E-state index in [0.717, 1.165) is 24.3 Å². The summed E-state index contributed by atoms with van der Waals surface area (Å²) < 4.78 is 32.5. The van der Waals surface area contributed by atoms with Crippen LogP contribution in [0.4, 0.5) is 5.69 Å². The van der Waals surface area contributed by atoms with Crippen LogP contribution < -0.4 is 15.0 Å². The van der Waals surface area contributed by atoms with E-state index in [0.29, 0.717) is 31.1 Å². The number of carbonyl (C=O) groups is 2. The largest absolute Gasteiger partial charge is 0.482 e. The molecule has 0 unspecified atom stereocenters. The van der Waals surface area contributed by atoms with Crippen molar-refractivity contribution in [3.05, 3.63) is 18.2 Å². The minimum absolute atomic E-state index is 0.0709. The number of anilines is 1. The number of rotatable bonds is 12. The molecule has 0 bridgehead atoms. The van der Waals surface area contributed by atoms with E-state index in [-0.39, 0.29) is 29.9 Å². The van der Waals surface area contributed by atoms with E-state index in [1.165, 1.54) is 27.4 Å². The van der Waals surface area contributed by atoms with Crippen LogP contribution in [0.2, 0.25) is 0 Å². The molecule has 1 aromatic carbocycles. The lowest BCUT2D eigenvalue weighted by Gasteiger charge is -2.29. The summed E-state index contributed by atoms with van der Waals surface area (Å²) in [4.78, 5) is 26.1. The van der Waals surface area contributed by atoms with Gasteiger partial charge in [-0.2, -0.15) is 16.1 Å². The summed E-state index contributed by atoms with van der Waals surface area (Å²) in [5.41, 5.74) is 0.299. The van der Waals surface area contributed by atoms with Gasteiger partial charge in [0.05, 0.1) is 10.6 Å². The van der Waals surface area contributed by atoms with Crippen LogP contribution in [0, 0.1) is 0 Å². The number of hydrogen-bond donors (Lipinski definition) is 1. The van der Waals surface area contributed by atoms with Gasteiger partial charge in [0.25, 0.3) is 5.91 Å². The average Bonchev–Trinajstić information content (AvgIpc) is 2.73. The Morgan fingerprint density at radius 1 is 1.23 bits per heavy atom.